The minimum Gasteiger partial charge on any atom is -0.354 e. The van der Waals surface area contributed by atoms with Gasteiger partial charge in [0, 0.05) is 136 Å². The molecule has 8 bridgehead atoms. The van der Waals surface area contributed by atoms with Crippen molar-refractivity contribution in [2.45, 2.75) is 87.9 Å². The van der Waals surface area contributed by atoms with Gasteiger partial charge in [0.15, 0.2) is 23.3 Å². The lowest BCUT2D eigenvalue weighted by Crippen LogP contribution is -2.49. The van der Waals surface area contributed by atoms with Gasteiger partial charge in [-0.05, 0) is 234 Å². The van der Waals surface area contributed by atoms with Crippen LogP contribution in [0.3, 0.4) is 0 Å². The predicted molar refractivity (Wildman–Crippen MR) is 556 cm³/mol. The molecule has 135 heavy (non-hydrogen) atoms. The van der Waals surface area contributed by atoms with Crippen molar-refractivity contribution in [3.05, 3.63) is 392 Å². The lowest BCUT2D eigenvalue weighted by molar-refractivity contribution is -0.00948. The molecule has 8 saturated carbocycles. The average molecular weight is 1810 g/mol. The van der Waals surface area contributed by atoms with E-state index < -0.39 is 0 Å². The minimum atomic E-state index is 0.0398. The standard InChI is InChI=1S/C61H46N6.C36H23N3.C25H24BrN3/c1-4-16-41(17-5-1)58-62-59(64-60(63-58)61-35-38-32-39(36-61)34-40(33-38)37-61)42-28-30-45(31-29-42)65-49-25-13-10-22-46(49)52-53-47-23-11-14-26-50(47)66(43-18-6-2-7-19-43)56(53)57-54(55(52)65)48-24-12-15-27-51(48)67(57)44-20-8-3-9-21-44;1-3-13-23(14-4-1)38-29-21-11-8-18-26(29)32-31-25-17-7-10-20-28(25)37-34(31)33-27-19-9-12-22-30(27)39(36(33)35(32)38)24-15-5-2-6-16-24;26-21-8-6-20(7-9-21)23-27-22(19-4-2-1-3-5-19)28-24(29-23)25-13-16-10-17(14-25)12-18(11-16)15-25/h1-31,38-40H,32-37H2;1-22,37H;1-9,16-18H,10-15H2. The molecule has 32 rings (SSSR count). The predicted octanol–water partition coefficient (Wildman–Crippen LogP) is 30.9. The summed E-state index contributed by atoms with van der Waals surface area (Å²) in [6.45, 7) is 0. The first-order valence-corrected chi connectivity index (χ1v) is 49.1. The van der Waals surface area contributed by atoms with Gasteiger partial charge in [0.1, 0.15) is 11.6 Å². The van der Waals surface area contributed by atoms with E-state index in [1.807, 2.05) is 6.07 Å². The van der Waals surface area contributed by atoms with Crippen LogP contribution >= 0.6 is 15.9 Å². The number of aromatic amines is 1. The second-order valence-corrected chi connectivity index (χ2v) is 40.4. The lowest BCUT2D eigenvalue weighted by atomic mass is 9.49. The number of H-pyrrole nitrogens is 1. The molecule has 24 aromatic rings. The van der Waals surface area contributed by atoms with Crippen molar-refractivity contribution in [1.29, 1.82) is 0 Å². The maximum absolute atomic E-state index is 5.47. The summed E-state index contributed by atoms with van der Waals surface area (Å²) < 4.78 is 13.5. The Morgan fingerprint density at radius 2 is 0.474 bits per heavy atom. The van der Waals surface area contributed by atoms with Gasteiger partial charge in [0.05, 0.1) is 60.7 Å². The molecule has 8 fully saturated rings. The highest BCUT2D eigenvalue weighted by Gasteiger charge is 2.55. The molecule has 648 valence electrons. The molecule has 16 aromatic carbocycles. The summed E-state index contributed by atoms with van der Waals surface area (Å²) in [4.78, 5) is 35.1. The molecular weight excluding hydrogens is 1710 g/mol. The molecule has 8 aliphatic rings. The van der Waals surface area contributed by atoms with Crippen molar-refractivity contribution in [1.82, 2.24) is 57.7 Å². The van der Waals surface area contributed by atoms with Crippen molar-refractivity contribution in [2.24, 2.45) is 35.5 Å². The SMILES string of the molecule is Brc1ccc(-c2nc(-c3ccccc3)nc(C34CC5CC(CC(C5)C3)C4)n2)cc1.c1ccc(-c2nc(-c3ccc(-n4c5ccccc5c5c6c7ccccc7n(-c7ccccc7)c6c6c(c7ccccc7n6-c6ccccc6)c54)cc3)nc(C34CC5CC(CC(C5)C3)C4)n2)cc1.c1ccc(-n2c3ccccc3c3c4[nH]c5ccccc5c4c4c5ccccc5n(-c5ccccc5)c4c32)cc1. The number of halogens is 1. The van der Waals surface area contributed by atoms with Crippen LogP contribution in [-0.4, -0.2) is 57.7 Å². The highest BCUT2D eigenvalue weighted by atomic mass is 79.9. The van der Waals surface area contributed by atoms with Gasteiger partial charge in [-0.15, -0.1) is 0 Å². The Labute approximate surface area is 788 Å². The lowest BCUT2D eigenvalue weighted by Gasteiger charge is -2.56. The number of nitrogens with zero attached hydrogens (tertiary/aromatic N) is 11. The minimum absolute atomic E-state index is 0.0398. The molecule has 0 radical (unpaired) electrons. The molecule has 0 unspecified atom stereocenters. The van der Waals surface area contributed by atoms with E-state index in [2.05, 4.69) is 414 Å². The van der Waals surface area contributed by atoms with Crippen LogP contribution in [0.1, 0.15) is 88.7 Å². The third-order valence-electron chi connectivity index (χ3n) is 31.4. The van der Waals surface area contributed by atoms with Crippen molar-refractivity contribution < 1.29 is 0 Å². The van der Waals surface area contributed by atoms with Crippen LogP contribution < -0.4 is 0 Å². The number of rotatable bonds is 11. The smallest absolute Gasteiger partial charge is 0.163 e. The van der Waals surface area contributed by atoms with E-state index in [-0.39, 0.29) is 10.8 Å². The quantitative estimate of drug-likeness (QED) is 0.138. The molecule has 0 amide bonds. The summed E-state index contributed by atoms with van der Waals surface area (Å²) in [5.74, 6) is 10.2. The van der Waals surface area contributed by atoms with E-state index >= 15 is 0 Å². The molecule has 8 heterocycles. The molecule has 0 spiro atoms. The maximum Gasteiger partial charge on any atom is 0.163 e. The van der Waals surface area contributed by atoms with Gasteiger partial charge in [0.2, 0.25) is 0 Å². The summed E-state index contributed by atoms with van der Waals surface area (Å²) in [6, 6.07) is 135. The molecule has 0 atom stereocenters. The fourth-order valence-corrected chi connectivity index (χ4v) is 27.1. The number of nitrogens with one attached hydrogen (secondary N) is 1. The van der Waals surface area contributed by atoms with Crippen molar-refractivity contribution in [2.75, 3.05) is 0 Å². The number of hydrogen-bond acceptors (Lipinski definition) is 6. The molecule has 0 saturated heterocycles. The van der Waals surface area contributed by atoms with Crippen LogP contribution in [0.4, 0.5) is 0 Å². The second-order valence-electron chi connectivity index (χ2n) is 39.4. The summed E-state index contributed by atoms with van der Waals surface area (Å²) in [7, 11) is 0. The Bertz CT molecular complexity index is 8790. The molecule has 8 aromatic heterocycles. The van der Waals surface area contributed by atoms with E-state index in [0.717, 1.165) is 131 Å². The van der Waals surface area contributed by atoms with Crippen molar-refractivity contribution in [3.63, 3.8) is 0 Å². The van der Waals surface area contributed by atoms with Gasteiger partial charge in [-0.25, -0.2) is 29.9 Å². The number of aromatic nitrogens is 12. The first-order chi connectivity index (χ1) is 66.7. The zero-order valence-corrected chi connectivity index (χ0v) is 76.1. The number of para-hydroxylation sites is 10. The van der Waals surface area contributed by atoms with Crippen LogP contribution in [0.5, 0.6) is 0 Å². The fraction of sp³-hybridized carbons (Fsp3) is 0.164. The Morgan fingerprint density at radius 1 is 0.222 bits per heavy atom. The third kappa shape index (κ3) is 12.5. The zero-order valence-electron chi connectivity index (χ0n) is 74.5. The Hall–Kier alpha value is -15.2. The number of hydrogen-bond donors (Lipinski definition) is 1. The van der Waals surface area contributed by atoms with Crippen LogP contribution in [0.25, 0.3) is 205 Å². The highest BCUT2D eigenvalue weighted by molar-refractivity contribution is 9.10. The first-order valence-electron chi connectivity index (χ1n) is 48.3. The first kappa shape index (κ1) is 78.5. The average Bonchev–Trinajstić information content (AvgIpc) is 1.50. The van der Waals surface area contributed by atoms with Crippen molar-refractivity contribution >= 4 is 147 Å². The maximum atomic E-state index is 5.47. The van der Waals surface area contributed by atoms with E-state index in [9.17, 15) is 0 Å². The molecular formula is C122H93BrN12. The van der Waals surface area contributed by atoms with Gasteiger partial charge < -0.3 is 27.8 Å². The molecule has 8 aliphatic carbocycles. The number of fused-ring (bicyclic) bond motifs is 24. The van der Waals surface area contributed by atoms with Gasteiger partial charge in [-0.1, -0.05) is 271 Å². The Balaban J connectivity index is 0.000000112. The van der Waals surface area contributed by atoms with Crippen LogP contribution in [0, 0.1) is 35.5 Å². The number of benzene rings is 16. The summed E-state index contributed by atoms with van der Waals surface area (Å²) in [5, 5.41) is 15.0. The van der Waals surface area contributed by atoms with Gasteiger partial charge in [-0.3, -0.25) is 0 Å². The van der Waals surface area contributed by atoms with Crippen LogP contribution in [-0.2, 0) is 10.8 Å². The molecule has 0 aliphatic heterocycles. The molecule has 12 nitrogen and oxygen atoms in total. The van der Waals surface area contributed by atoms with Crippen LogP contribution in [0.15, 0.2) is 381 Å². The third-order valence-corrected chi connectivity index (χ3v) is 31.9. The summed E-state index contributed by atoms with van der Waals surface area (Å²) in [5.41, 5.74) is 24.4. The fourth-order valence-electron chi connectivity index (χ4n) is 26.9. The monoisotopic (exact) mass is 1800 g/mol. The summed E-state index contributed by atoms with van der Waals surface area (Å²) in [6.07, 6.45) is 15.8. The Kier molecular flexibility index (Phi) is 18.0. The highest BCUT2D eigenvalue weighted by Crippen LogP contribution is 2.63. The second kappa shape index (κ2) is 31.0. The van der Waals surface area contributed by atoms with Crippen LogP contribution in [0.2, 0.25) is 0 Å². The van der Waals surface area contributed by atoms with E-state index in [1.165, 1.54) is 202 Å². The van der Waals surface area contributed by atoms with E-state index in [4.69, 9.17) is 29.9 Å². The van der Waals surface area contributed by atoms with Gasteiger partial charge >= 0.3 is 0 Å². The largest absolute Gasteiger partial charge is 0.354 e. The molecule has 13 heteroatoms. The summed E-state index contributed by atoms with van der Waals surface area (Å²) >= 11 is 3.54. The normalized spacial score (nSPS) is 19.9. The van der Waals surface area contributed by atoms with Gasteiger partial charge in [0.25, 0.3) is 0 Å². The van der Waals surface area contributed by atoms with E-state index in [1.54, 1.807) is 0 Å². The van der Waals surface area contributed by atoms with E-state index in [0.29, 0.717) is 0 Å². The zero-order chi connectivity index (χ0) is 88.7. The molecule has 1 N–H and O–H groups in total. The van der Waals surface area contributed by atoms with Crippen molar-refractivity contribution in [3.8, 4) is 74.0 Å². The van der Waals surface area contributed by atoms with Gasteiger partial charge in [-0.2, -0.15) is 0 Å². The Morgan fingerprint density at radius 3 is 0.837 bits per heavy atom. The topological polar surface area (TPSA) is 118 Å².